The van der Waals surface area contributed by atoms with Gasteiger partial charge in [0.2, 0.25) is 0 Å². The van der Waals surface area contributed by atoms with Gasteiger partial charge < -0.3 is 10.1 Å². The fourth-order valence-corrected chi connectivity index (χ4v) is 2.77. The third-order valence-corrected chi connectivity index (χ3v) is 4.22. The molecule has 1 amide bonds. The number of amides is 1. The molecule has 0 aliphatic rings. The minimum atomic E-state index is -0.411. The molecule has 0 saturated heterocycles. The van der Waals surface area contributed by atoms with Gasteiger partial charge in [-0.2, -0.15) is 5.26 Å². The molecule has 2 aromatic carbocycles. The van der Waals surface area contributed by atoms with Crippen molar-refractivity contribution in [3.05, 3.63) is 60.2 Å². The van der Waals surface area contributed by atoms with Crippen LogP contribution in [0.25, 0.3) is 0 Å². The lowest BCUT2D eigenvalue weighted by molar-refractivity contribution is -0.147. The van der Waals surface area contributed by atoms with Gasteiger partial charge in [-0.25, -0.2) is 0 Å². The molecule has 0 spiro atoms. The summed E-state index contributed by atoms with van der Waals surface area (Å²) in [7, 11) is 0. The van der Waals surface area contributed by atoms with E-state index in [0.717, 1.165) is 10.5 Å². The molecule has 25 heavy (non-hydrogen) atoms. The van der Waals surface area contributed by atoms with Crippen LogP contribution in [0.5, 0.6) is 0 Å². The topological polar surface area (TPSA) is 79.2 Å². The summed E-state index contributed by atoms with van der Waals surface area (Å²) >= 11 is 1.34. The Morgan fingerprint density at radius 1 is 1.08 bits per heavy atom. The molecular weight excluding hydrogens is 336 g/mol. The number of nitriles is 1. The molecule has 0 unspecified atom stereocenters. The first-order valence-corrected chi connectivity index (χ1v) is 8.76. The predicted molar refractivity (Wildman–Crippen MR) is 97.1 cm³/mol. The molecule has 0 saturated carbocycles. The number of thioether (sulfide) groups is 1. The van der Waals surface area contributed by atoms with Gasteiger partial charge >= 0.3 is 5.97 Å². The zero-order valence-electron chi connectivity index (χ0n) is 13.6. The van der Waals surface area contributed by atoms with Gasteiger partial charge in [0.1, 0.15) is 0 Å². The fourth-order valence-electron chi connectivity index (χ4n) is 2.10. The maximum absolute atomic E-state index is 12.0. The van der Waals surface area contributed by atoms with Crippen molar-refractivity contribution in [3.8, 4) is 6.07 Å². The van der Waals surface area contributed by atoms with Gasteiger partial charge in [0, 0.05) is 11.3 Å². The van der Waals surface area contributed by atoms with Crippen LogP contribution in [0.4, 0.5) is 5.69 Å². The minimum absolute atomic E-state index is 0.228. The number of para-hydroxylation sites is 1. The zero-order chi connectivity index (χ0) is 17.9. The normalized spacial score (nSPS) is 9.88. The summed E-state index contributed by atoms with van der Waals surface area (Å²) in [5, 5.41) is 11.4. The SMILES string of the molecule is N#CCSc1ccccc1NC(=O)COC(=O)CCc1ccccc1. The second-order valence-corrected chi connectivity index (χ2v) is 6.15. The van der Waals surface area contributed by atoms with E-state index in [1.165, 1.54) is 11.8 Å². The molecule has 2 aromatic rings. The Kier molecular flexibility index (Phi) is 7.54. The first-order chi connectivity index (χ1) is 12.2. The van der Waals surface area contributed by atoms with Gasteiger partial charge in [-0.05, 0) is 24.1 Å². The largest absolute Gasteiger partial charge is 0.456 e. The zero-order valence-corrected chi connectivity index (χ0v) is 14.4. The number of carbonyl (C=O) groups excluding carboxylic acids is 2. The van der Waals surface area contributed by atoms with E-state index in [4.69, 9.17) is 10.00 Å². The smallest absolute Gasteiger partial charge is 0.306 e. The second-order valence-electron chi connectivity index (χ2n) is 5.14. The van der Waals surface area contributed by atoms with Crippen LogP contribution < -0.4 is 5.32 Å². The molecule has 0 aromatic heterocycles. The second kappa shape index (κ2) is 10.2. The number of ether oxygens (including phenoxy) is 1. The number of nitrogens with one attached hydrogen (secondary N) is 1. The van der Waals surface area contributed by atoms with E-state index in [-0.39, 0.29) is 13.0 Å². The Labute approximate surface area is 151 Å². The molecule has 0 aliphatic heterocycles. The molecular formula is C19H18N2O3S. The summed E-state index contributed by atoms with van der Waals surface area (Å²) < 4.78 is 5.01. The van der Waals surface area contributed by atoms with Crippen LogP contribution in [0, 0.1) is 11.3 Å². The van der Waals surface area contributed by atoms with E-state index in [1.807, 2.05) is 48.5 Å². The van der Waals surface area contributed by atoms with Crippen LogP contribution in [-0.4, -0.2) is 24.2 Å². The van der Waals surface area contributed by atoms with Crippen molar-refractivity contribution in [2.45, 2.75) is 17.7 Å². The highest BCUT2D eigenvalue weighted by Crippen LogP contribution is 2.26. The van der Waals surface area contributed by atoms with Gasteiger partial charge in [0.15, 0.2) is 6.61 Å². The van der Waals surface area contributed by atoms with Crippen LogP contribution in [0.2, 0.25) is 0 Å². The predicted octanol–water partition coefficient (Wildman–Crippen LogP) is 3.42. The summed E-state index contributed by atoms with van der Waals surface area (Å²) in [6.45, 7) is -0.328. The van der Waals surface area contributed by atoms with Crippen molar-refractivity contribution in [1.82, 2.24) is 0 Å². The summed E-state index contributed by atoms with van der Waals surface area (Å²) in [6, 6.07) is 18.9. The number of hydrogen-bond donors (Lipinski definition) is 1. The summed E-state index contributed by atoms with van der Waals surface area (Å²) in [5.74, 6) is -0.523. The number of rotatable bonds is 8. The fraction of sp³-hybridized carbons (Fsp3) is 0.211. The summed E-state index contributed by atoms with van der Waals surface area (Å²) in [5.41, 5.74) is 1.65. The molecule has 0 atom stereocenters. The van der Waals surface area contributed by atoms with Crippen molar-refractivity contribution >= 4 is 29.3 Å². The quantitative estimate of drug-likeness (QED) is 0.580. The molecule has 0 fully saturated rings. The lowest BCUT2D eigenvalue weighted by Gasteiger charge is -2.10. The molecule has 5 nitrogen and oxygen atoms in total. The number of benzene rings is 2. The van der Waals surface area contributed by atoms with Crippen molar-refractivity contribution in [1.29, 1.82) is 5.26 Å². The lowest BCUT2D eigenvalue weighted by atomic mass is 10.1. The van der Waals surface area contributed by atoms with Crippen LogP contribution in [-0.2, 0) is 20.7 Å². The van der Waals surface area contributed by atoms with Gasteiger partial charge in [-0.3, -0.25) is 9.59 Å². The molecule has 2 rings (SSSR count). The molecule has 1 N–H and O–H groups in total. The molecule has 6 heteroatoms. The molecule has 0 radical (unpaired) electrons. The van der Waals surface area contributed by atoms with Crippen LogP contribution in [0.15, 0.2) is 59.5 Å². The highest BCUT2D eigenvalue weighted by molar-refractivity contribution is 7.99. The Morgan fingerprint density at radius 3 is 2.56 bits per heavy atom. The van der Waals surface area contributed by atoms with Crippen LogP contribution in [0.3, 0.4) is 0 Å². The van der Waals surface area contributed by atoms with Crippen molar-refractivity contribution in [2.24, 2.45) is 0 Å². The van der Waals surface area contributed by atoms with Gasteiger partial charge in [0.25, 0.3) is 5.91 Å². The highest BCUT2D eigenvalue weighted by atomic mass is 32.2. The van der Waals surface area contributed by atoms with E-state index in [9.17, 15) is 9.59 Å². The van der Waals surface area contributed by atoms with E-state index in [0.29, 0.717) is 17.9 Å². The maximum Gasteiger partial charge on any atom is 0.306 e. The Morgan fingerprint density at radius 2 is 1.80 bits per heavy atom. The first-order valence-electron chi connectivity index (χ1n) is 7.77. The van der Waals surface area contributed by atoms with E-state index >= 15 is 0 Å². The summed E-state index contributed by atoms with van der Waals surface area (Å²) in [6.07, 6.45) is 0.806. The van der Waals surface area contributed by atoms with Gasteiger partial charge in [-0.1, -0.05) is 42.5 Å². The molecule has 128 valence electrons. The average molecular weight is 354 g/mol. The van der Waals surface area contributed by atoms with Crippen LogP contribution in [0.1, 0.15) is 12.0 Å². The van der Waals surface area contributed by atoms with Crippen molar-refractivity contribution in [2.75, 3.05) is 17.7 Å². The number of anilines is 1. The van der Waals surface area contributed by atoms with Crippen molar-refractivity contribution < 1.29 is 14.3 Å². The number of esters is 1. The van der Waals surface area contributed by atoms with E-state index in [2.05, 4.69) is 5.32 Å². The Balaban J connectivity index is 1.77. The standard InChI is InChI=1S/C19H18N2O3S/c20-12-13-25-17-9-5-4-8-16(17)21-18(22)14-24-19(23)11-10-15-6-2-1-3-7-15/h1-9H,10-11,13-14H2,(H,21,22). The van der Waals surface area contributed by atoms with Gasteiger partial charge in [-0.15, -0.1) is 11.8 Å². The minimum Gasteiger partial charge on any atom is -0.456 e. The number of hydrogen-bond acceptors (Lipinski definition) is 5. The number of carbonyl (C=O) groups is 2. The molecule has 0 bridgehead atoms. The third-order valence-electron chi connectivity index (χ3n) is 3.28. The first kappa shape index (κ1) is 18.6. The third kappa shape index (κ3) is 6.69. The highest BCUT2D eigenvalue weighted by Gasteiger charge is 2.10. The monoisotopic (exact) mass is 354 g/mol. The maximum atomic E-state index is 12.0. The average Bonchev–Trinajstić information content (AvgIpc) is 2.65. The Bertz CT molecular complexity index is 757. The number of nitrogens with zero attached hydrogens (tertiary/aromatic N) is 1. The molecule has 0 aliphatic carbocycles. The van der Waals surface area contributed by atoms with Gasteiger partial charge in [0.05, 0.1) is 17.5 Å². The number of aryl methyl sites for hydroxylation is 1. The van der Waals surface area contributed by atoms with Crippen molar-refractivity contribution in [3.63, 3.8) is 0 Å². The lowest BCUT2D eigenvalue weighted by Crippen LogP contribution is -2.21. The van der Waals surface area contributed by atoms with Crippen LogP contribution >= 0.6 is 11.8 Å². The summed E-state index contributed by atoms with van der Waals surface area (Å²) in [4.78, 5) is 24.5. The Hall–Kier alpha value is -2.78. The molecule has 0 heterocycles. The van der Waals surface area contributed by atoms with E-state index < -0.39 is 11.9 Å². The van der Waals surface area contributed by atoms with E-state index in [1.54, 1.807) is 12.1 Å².